The van der Waals surface area contributed by atoms with Gasteiger partial charge in [0.2, 0.25) is 21.8 Å². The van der Waals surface area contributed by atoms with E-state index in [0.717, 1.165) is 22.2 Å². The molecule has 0 spiro atoms. The molecule has 0 aliphatic carbocycles. The van der Waals surface area contributed by atoms with Crippen LogP contribution in [0.4, 0.5) is 11.4 Å². The van der Waals surface area contributed by atoms with Crippen LogP contribution in [0.5, 0.6) is 5.75 Å². The molecule has 3 aromatic carbocycles. The van der Waals surface area contributed by atoms with Crippen LogP contribution in [-0.2, 0) is 32.6 Å². The van der Waals surface area contributed by atoms with Crippen LogP contribution in [0.1, 0.15) is 31.9 Å². The van der Waals surface area contributed by atoms with Gasteiger partial charge in [-0.3, -0.25) is 24.0 Å². The first-order valence-corrected chi connectivity index (χ1v) is 15.5. The molecule has 0 aromatic heterocycles. The van der Waals surface area contributed by atoms with Gasteiger partial charge in [0.1, 0.15) is 24.0 Å². The van der Waals surface area contributed by atoms with E-state index in [1.54, 1.807) is 24.3 Å². The molecule has 0 saturated heterocycles. The fourth-order valence-corrected chi connectivity index (χ4v) is 5.48. The number of hydrogen-bond acceptors (Lipinski definition) is 7. The number of nitro benzene ring substituents is 1. The molecule has 43 heavy (non-hydrogen) atoms. The average Bonchev–Trinajstić information content (AvgIpc) is 2.92. The Morgan fingerprint density at radius 2 is 1.67 bits per heavy atom. The monoisotopic (exact) mass is 630 g/mol. The van der Waals surface area contributed by atoms with E-state index >= 15 is 0 Å². The van der Waals surface area contributed by atoms with Crippen LogP contribution < -0.4 is 14.4 Å². The van der Waals surface area contributed by atoms with Crippen molar-refractivity contribution in [3.05, 3.63) is 99.1 Å². The van der Waals surface area contributed by atoms with E-state index in [-0.39, 0.29) is 30.1 Å². The number of carbonyl (C=O) groups is 2. The second kappa shape index (κ2) is 13.9. The minimum Gasteiger partial charge on any atom is -0.495 e. The molecule has 0 bridgehead atoms. The molecular formula is C30H35ClN4O7S. The van der Waals surface area contributed by atoms with Crippen LogP contribution in [-0.4, -0.2) is 61.5 Å². The van der Waals surface area contributed by atoms with Gasteiger partial charge in [0.15, 0.2) is 0 Å². The number of anilines is 1. The van der Waals surface area contributed by atoms with E-state index in [4.69, 9.17) is 16.3 Å². The molecule has 1 atom stereocenters. The van der Waals surface area contributed by atoms with Gasteiger partial charge < -0.3 is 15.0 Å². The number of halogens is 1. The maximum atomic E-state index is 14.2. The molecule has 0 aliphatic rings. The van der Waals surface area contributed by atoms with Crippen molar-refractivity contribution in [1.29, 1.82) is 0 Å². The lowest BCUT2D eigenvalue weighted by Gasteiger charge is -2.35. The molecule has 0 fully saturated rings. The molecule has 0 aliphatic heterocycles. The number of nitrogens with one attached hydrogen (secondary N) is 1. The van der Waals surface area contributed by atoms with Gasteiger partial charge in [-0.25, -0.2) is 8.42 Å². The lowest BCUT2D eigenvalue weighted by Crippen LogP contribution is -2.56. The summed E-state index contributed by atoms with van der Waals surface area (Å²) >= 11 is 6.23. The number of hydrogen-bond donors (Lipinski definition) is 1. The van der Waals surface area contributed by atoms with E-state index in [0.29, 0.717) is 10.6 Å². The van der Waals surface area contributed by atoms with Gasteiger partial charge in [-0.15, -0.1) is 0 Å². The molecule has 230 valence electrons. The highest BCUT2D eigenvalue weighted by Gasteiger charge is 2.35. The van der Waals surface area contributed by atoms with Crippen LogP contribution in [0.3, 0.4) is 0 Å². The third-order valence-corrected chi connectivity index (χ3v) is 7.69. The first kappa shape index (κ1) is 33.3. The number of sulfonamides is 1. The van der Waals surface area contributed by atoms with Crippen molar-refractivity contribution in [2.24, 2.45) is 0 Å². The molecule has 0 saturated carbocycles. The van der Waals surface area contributed by atoms with E-state index in [2.05, 4.69) is 5.32 Å². The molecule has 13 heteroatoms. The lowest BCUT2D eigenvalue weighted by molar-refractivity contribution is -0.384. The smallest absolute Gasteiger partial charge is 0.271 e. The number of ether oxygens (including phenoxy) is 1. The Balaban J connectivity index is 2.15. The van der Waals surface area contributed by atoms with Crippen LogP contribution >= 0.6 is 11.6 Å². The second-order valence-electron chi connectivity index (χ2n) is 11.0. The largest absolute Gasteiger partial charge is 0.495 e. The lowest BCUT2D eigenvalue weighted by atomic mass is 10.0. The highest BCUT2D eigenvalue weighted by atomic mass is 35.5. The zero-order chi connectivity index (χ0) is 31.9. The summed E-state index contributed by atoms with van der Waals surface area (Å²) < 4.78 is 32.2. The first-order valence-electron chi connectivity index (χ1n) is 13.3. The van der Waals surface area contributed by atoms with Gasteiger partial charge in [0.25, 0.3) is 5.69 Å². The Kier molecular flexibility index (Phi) is 10.8. The van der Waals surface area contributed by atoms with Gasteiger partial charge in [-0.1, -0.05) is 54.1 Å². The Bertz CT molecular complexity index is 1580. The standard InChI is InChI=1S/C30H35ClN4O7S/c1-30(2,3)32-29(37)26(17-21-10-7-6-8-11-21)33(19-22-12-9-13-23(31)16-22)28(36)20-34(43(5,40)41)25-18-24(35(38)39)14-15-27(25)42-4/h6-16,18,26H,17,19-20H2,1-5H3,(H,32,37)/t26-/m1/s1. The summed E-state index contributed by atoms with van der Waals surface area (Å²) in [6, 6.07) is 18.3. The zero-order valence-electron chi connectivity index (χ0n) is 24.6. The number of rotatable bonds is 12. The maximum Gasteiger partial charge on any atom is 0.271 e. The van der Waals surface area contributed by atoms with Crippen molar-refractivity contribution < 1.29 is 27.7 Å². The van der Waals surface area contributed by atoms with Gasteiger partial charge in [0, 0.05) is 35.7 Å². The number of methoxy groups -OCH3 is 1. The van der Waals surface area contributed by atoms with Crippen LogP contribution in [0.15, 0.2) is 72.8 Å². The summed E-state index contributed by atoms with van der Waals surface area (Å²) in [5.74, 6) is -1.15. The van der Waals surface area contributed by atoms with E-state index in [1.165, 1.54) is 24.1 Å². The number of nitrogens with zero attached hydrogens (tertiary/aromatic N) is 3. The van der Waals surface area contributed by atoms with Crippen molar-refractivity contribution in [3.8, 4) is 5.75 Å². The summed E-state index contributed by atoms with van der Waals surface area (Å²) in [7, 11) is -2.89. The molecule has 2 amide bonds. The topological polar surface area (TPSA) is 139 Å². The van der Waals surface area contributed by atoms with Crippen molar-refractivity contribution in [2.45, 2.75) is 45.3 Å². The Hall–Kier alpha value is -4.16. The molecule has 0 heterocycles. The third kappa shape index (κ3) is 9.42. The Morgan fingerprint density at radius 3 is 2.23 bits per heavy atom. The van der Waals surface area contributed by atoms with Gasteiger partial charge in [0.05, 0.1) is 18.3 Å². The van der Waals surface area contributed by atoms with Crippen molar-refractivity contribution >= 4 is 44.8 Å². The summed E-state index contributed by atoms with van der Waals surface area (Å²) in [6.07, 6.45) is 1.02. The summed E-state index contributed by atoms with van der Waals surface area (Å²) in [5.41, 5.74) is 0.182. The first-order chi connectivity index (χ1) is 20.1. The fraction of sp³-hybridized carbons (Fsp3) is 0.333. The average molecular weight is 631 g/mol. The Labute approximate surface area is 256 Å². The minimum absolute atomic E-state index is 0.0107. The van der Waals surface area contributed by atoms with Crippen LogP contribution in [0, 0.1) is 10.1 Å². The fourth-order valence-electron chi connectivity index (χ4n) is 4.42. The predicted octanol–water partition coefficient (Wildman–Crippen LogP) is 4.58. The summed E-state index contributed by atoms with van der Waals surface area (Å²) in [4.78, 5) is 40.1. The highest BCUT2D eigenvalue weighted by Crippen LogP contribution is 2.34. The normalized spacial score (nSPS) is 12.2. The second-order valence-corrected chi connectivity index (χ2v) is 13.3. The van der Waals surface area contributed by atoms with Gasteiger partial charge in [-0.2, -0.15) is 0 Å². The van der Waals surface area contributed by atoms with Gasteiger partial charge >= 0.3 is 0 Å². The maximum absolute atomic E-state index is 14.2. The van der Waals surface area contributed by atoms with Gasteiger partial charge in [-0.05, 0) is 50.1 Å². The zero-order valence-corrected chi connectivity index (χ0v) is 26.2. The van der Waals surface area contributed by atoms with E-state index < -0.39 is 44.9 Å². The molecule has 0 unspecified atom stereocenters. The Morgan fingerprint density at radius 1 is 1.02 bits per heavy atom. The number of non-ortho nitro benzene ring substituents is 1. The van der Waals surface area contributed by atoms with Crippen molar-refractivity contribution in [1.82, 2.24) is 10.2 Å². The number of amides is 2. The SMILES string of the molecule is COc1ccc([N+](=O)[O-])cc1N(CC(=O)N(Cc1cccc(Cl)c1)[C@H](Cc1ccccc1)C(=O)NC(C)(C)C)S(C)(=O)=O. The number of carbonyl (C=O) groups excluding carboxylic acids is 2. The summed E-state index contributed by atoms with van der Waals surface area (Å²) in [5, 5.41) is 14.9. The summed E-state index contributed by atoms with van der Waals surface area (Å²) in [6.45, 7) is 4.61. The van der Waals surface area contributed by atoms with Crippen LogP contribution in [0.2, 0.25) is 5.02 Å². The van der Waals surface area contributed by atoms with Crippen molar-refractivity contribution in [2.75, 3.05) is 24.2 Å². The molecule has 3 aromatic rings. The third-order valence-electron chi connectivity index (χ3n) is 6.33. The highest BCUT2D eigenvalue weighted by molar-refractivity contribution is 7.92. The molecule has 11 nitrogen and oxygen atoms in total. The van der Waals surface area contributed by atoms with E-state index in [9.17, 15) is 28.1 Å². The number of benzene rings is 3. The van der Waals surface area contributed by atoms with Crippen molar-refractivity contribution in [3.63, 3.8) is 0 Å². The van der Waals surface area contributed by atoms with Crippen LogP contribution in [0.25, 0.3) is 0 Å². The number of nitro groups is 1. The van der Waals surface area contributed by atoms with E-state index in [1.807, 2.05) is 51.1 Å². The minimum atomic E-state index is -4.17. The molecule has 0 radical (unpaired) electrons. The molecule has 1 N–H and O–H groups in total. The quantitative estimate of drug-likeness (QED) is 0.228. The molecule has 3 rings (SSSR count). The predicted molar refractivity (Wildman–Crippen MR) is 166 cm³/mol. The molecular weight excluding hydrogens is 596 g/mol.